The van der Waals surface area contributed by atoms with Crippen LogP contribution < -0.4 is 20.9 Å². The van der Waals surface area contributed by atoms with E-state index in [2.05, 4.69) is 20.9 Å². The third-order valence-electron chi connectivity index (χ3n) is 2.60. The molecule has 0 unspecified atom stereocenters. The van der Waals surface area contributed by atoms with Gasteiger partial charge >= 0.3 is 5.97 Å². The number of rotatable bonds is 6. The summed E-state index contributed by atoms with van der Waals surface area (Å²) < 4.78 is 9.90. The monoisotopic (exact) mass is 365 g/mol. The normalized spacial score (nSPS) is 10.0. The first-order valence-electron chi connectivity index (χ1n) is 7.34. The Kier molecular flexibility index (Phi) is 8.66. The van der Waals surface area contributed by atoms with Crippen molar-refractivity contribution in [3.63, 3.8) is 0 Å². The summed E-state index contributed by atoms with van der Waals surface area (Å²) in [5.41, 5.74) is 5.69. The lowest BCUT2D eigenvalue weighted by atomic mass is 10.2. The second kappa shape index (κ2) is 10.8. The average molecular weight is 365 g/mol. The minimum absolute atomic E-state index is 0.137. The highest BCUT2D eigenvalue weighted by molar-refractivity contribution is 7.80. The highest BCUT2D eigenvalue weighted by atomic mass is 32.1. The van der Waals surface area contributed by atoms with Gasteiger partial charge in [0.1, 0.15) is 5.75 Å². The molecule has 0 aromatic heterocycles. The van der Waals surface area contributed by atoms with E-state index in [4.69, 9.17) is 17.0 Å². The third-order valence-corrected chi connectivity index (χ3v) is 2.80. The lowest BCUT2D eigenvalue weighted by molar-refractivity contribution is -0.137. The number of carbonyl (C=O) groups is 3. The van der Waals surface area contributed by atoms with Gasteiger partial charge in [-0.2, -0.15) is 0 Å². The summed E-state index contributed by atoms with van der Waals surface area (Å²) >= 11 is 4.82. The minimum atomic E-state index is -0.643. The van der Waals surface area contributed by atoms with E-state index in [0.717, 1.165) is 17.7 Å². The third kappa shape index (κ3) is 9.06. The predicted molar refractivity (Wildman–Crippen MR) is 94.5 cm³/mol. The van der Waals surface area contributed by atoms with Crippen LogP contribution in [0.2, 0.25) is 0 Å². The van der Waals surface area contributed by atoms with Crippen LogP contribution in [0, 0.1) is 6.92 Å². The van der Waals surface area contributed by atoms with E-state index in [1.807, 2.05) is 19.1 Å². The molecule has 0 aliphatic carbocycles. The van der Waals surface area contributed by atoms with Gasteiger partial charge in [0, 0.05) is 12.2 Å². The SMILES string of the molecule is CCOC(=O)/C=C/C(=O)NC(=S)NNC(=O)COc1ccc(C)cc1. The van der Waals surface area contributed by atoms with E-state index >= 15 is 0 Å². The van der Waals surface area contributed by atoms with Gasteiger partial charge in [0.05, 0.1) is 6.61 Å². The molecule has 2 amide bonds. The van der Waals surface area contributed by atoms with E-state index in [1.54, 1.807) is 19.1 Å². The standard InChI is InChI=1S/C16H19N3O5S/c1-3-23-15(22)9-8-13(20)17-16(25)19-18-14(21)10-24-12-6-4-11(2)5-7-12/h4-9H,3,10H2,1-2H3,(H,18,21)(H2,17,19,20,25)/b9-8+. The van der Waals surface area contributed by atoms with Crippen molar-refractivity contribution in [2.75, 3.05) is 13.2 Å². The molecule has 0 heterocycles. The molecule has 8 nitrogen and oxygen atoms in total. The topological polar surface area (TPSA) is 106 Å². The molecule has 25 heavy (non-hydrogen) atoms. The maximum Gasteiger partial charge on any atom is 0.330 e. The molecule has 0 aliphatic heterocycles. The van der Waals surface area contributed by atoms with E-state index in [0.29, 0.717) is 5.75 Å². The van der Waals surface area contributed by atoms with Crippen LogP contribution in [0.25, 0.3) is 0 Å². The molecule has 0 spiro atoms. The quantitative estimate of drug-likeness (QED) is 0.292. The Hall–Kier alpha value is -2.94. The van der Waals surface area contributed by atoms with Crippen LogP contribution in [0.1, 0.15) is 12.5 Å². The van der Waals surface area contributed by atoms with Crippen molar-refractivity contribution in [1.82, 2.24) is 16.2 Å². The Labute approximate surface area is 150 Å². The van der Waals surface area contributed by atoms with Gasteiger partial charge in [0.15, 0.2) is 11.7 Å². The van der Waals surface area contributed by atoms with Crippen molar-refractivity contribution in [1.29, 1.82) is 0 Å². The van der Waals surface area contributed by atoms with Crippen LogP contribution in [0.3, 0.4) is 0 Å². The Balaban J connectivity index is 2.26. The van der Waals surface area contributed by atoms with Crippen molar-refractivity contribution in [2.45, 2.75) is 13.8 Å². The molecule has 1 aromatic carbocycles. The molecule has 0 saturated heterocycles. The predicted octanol–water partition coefficient (Wildman–Crippen LogP) is 0.515. The van der Waals surface area contributed by atoms with Gasteiger partial charge in [-0.25, -0.2) is 4.79 Å². The minimum Gasteiger partial charge on any atom is -0.484 e. The van der Waals surface area contributed by atoms with Crippen LogP contribution in [0.5, 0.6) is 5.75 Å². The molecule has 3 N–H and O–H groups in total. The number of hydrazine groups is 1. The smallest absolute Gasteiger partial charge is 0.330 e. The largest absolute Gasteiger partial charge is 0.484 e. The maximum atomic E-state index is 11.6. The first-order chi connectivity index (χ1) is 11.9. The fourth-order valence-corrected chi connectivity index (χ4v) is 1.62. The number of thiocarbonyl (C=S) groups is 1. The summed E-state index contributed by atoms with van der Waals surface area (Å²) in [6.45, 7) is 3.57. The van der Waals surface area contributed by atoms with Gasteiger partial charge in [-0.3, -0.25) is 25.8 Å². The number of benzene rings is 1. The number of aryl methyl sites for hydroxylation is 1. The molecule has 1 rings (SSSR count). The van der Waals surface area contributed by atoms with Gasteiger partial charge in [-0.05, 0) is 38.2 Å². The number of hydrogen-bond donors (Lipinski definition) is 3. The lowest BCUT2D eigenvalue weighted by Crippen LogP contribution is -2.49. The zero-order chi connectivity index (χ0) is 18.7. The van der Waals surface area contributed by atoms with E-state index < -0.39 is 17.8 Å². The lowest BCUT2D eigenvalue weighted by Gasteiger charge is -2.10. The van der Waals surface area contributed by atoms with Crippen LogP contribution >= 0.6 is 12.2 Å². The molecule has 0 atom stereocenters. The number of esters is 1. The van der Waals surface area contributed by atoms with Crippen molar-refractivity contribution in [2.24, 2.45) is 0 Å². The second-order valence-electron chi connectivity index (χ2n) is 4.68. The van der Waals surface area contributed by atoms with Gasteiger partial charge in [0.2, 0.25) is 5.91 Å². The highest BCUT2D eigenvalue weighted by Crippen LogP contribution is 2.10. The van der Waals surface area contributed by atoms with Crippen LogP contribution in [-0.4, -0.2) is 36.1 Å². The summed E-state index contributed by atoms with van der Waals surface area (Å²) in [6.07, 6.45) is 1.93. The first kappa shape index (κ1) is 20.1. The number of hydrogen-bond acceptors (Lipinski definition) is 6. The Morgan fingerprint density at radius 1 is 1.12 bits per heavy atom. The Morgan fingerprint density at radius 3 is 2.44 bits per heavy atom. The molecule has 0 bridgehead atoms. The Morgan fingerprint density at radius 2 is 1.80 bits per heavy atom. The zero-order valence-electron chi connectivity index (χ0n) is 13.8. The maximum absolute atomic E-state index is 11.6. The molecular weight excluding hydrogens is 346 g/mol. The van der Waals surface area contributed by atoms with Gasteiger partial charge in [-0.15, -0.1) is 0 Å². The fraction of sp³-hybridized carbons (Fsp3) is 0.250. The first-order valence-corrected chi connectivity index (χ1v) is 7.75. The molecule has 134 valence electrons. The van der Waals surface area contributed by atoms with Crippen molar-refractivity contribution < 1.29 is 23.9 Å². The molecule has 9 heteroatoms. The summed E-state index contributed by atoms with van der Waals surface area (Å²) in [6, 6.07) is 7.22. The zero-order valence-corrected chi connectivity index (χ0v) is 14.6. The molecule has 0 aliphatic rings. The van der Waals surface area contributed by atoms with Crippen molar-refractivity contribution >= 4 is 35.1 Å². The molecular formula is C16H19N3O5S. The molecule has 0 fully saturated rings. The fourth-order valence-electron chi connectivity index (χ4n) is 1.46. The van der Waals surface area contributed by atoms with Crippen molar-refractivity contribution in [3.05, 3.63) is 42.0 Å². The van der Waals surface area contributed by atoms with Crippen molar-refractivity contribution in [3.8, 4) is 5.75 Å². The van der Waals surface area contributed by atoms with Gasteiger partial charge < -0.3 is 9.47 Å². The van der Waals surface area contributed by atoms with E-state index in [-0.39, 0.29) is 18.3 Å². The van der Waals surface area contributed by atoms with Crippen LogP contribution in [0.4, 0.5) is 0 Å². The molecule has 1 aromatic rings. The van der Waals surface area contributed by atoms with Gasteiger partial charge in [0.25, 0.3) is 5.91 Å². The molecule has 0 radical (unpaired) electrons. The van der Waals surface area contributed by atoms with E-state index in [1.165, 1.54) is 0 Å². The summed E-state index contributed by atoms with van der Waals surface area (Å²) in [5, 5.41) is 2.11. The highest BCUT2D eigenvalue weighted by Gasteiger charge is 2.05. The van der Waals surface area contributed by atoms with Gasteiger partial charge in [-0.1, -0.05) is 17.7 Å². The second-order valence-corrected chi connectivity index (χ2v) is 5.09. The average Bonchev–Trinajstić information content (AvgIpc) is 2.58. The number of ether oxygens (including phenoxy) is 2. The summed E-state index contributed by atoms with van der Waals surface area (Å²) in [7, 11) is 0. The number of nitrogens with one attached hydrogen (secondary N) is 3. The van der Waals surface area contributed by atoms with Crippen LogP contribution in [-0.2, 0) is 19.1 Å². The summed E-state index contributed by atoms with van der Waals surface area (Å²) in [4.78, 5) is 34.1. The summed E-state index contributed by atoms with van der Waals surface area (Å²) in [5.74, 6) is -1.21. The number of carbonyl (C=O) groups excluding carboxylic acids is 3. The number of amides is 2. The molecule has 0 saturated carbocycles. The Bertz CT molecular complexity index is 658. The van der Waals surface area contributed by atoms with Crippen LogP contribution in [0.15, 0.2) is 36.4 Å². The van der Waals surface area contributed by atoms with E-state index in [9.17, 15) is 14.4 Å².